The number of para-hydroxylation sites is 1. The van der Waals surface area contributed by atoms with Crippen LogP contribution in [0.3, 0.4) is 0 Å². The van der Waals surface area contributed by atoms with Crippen molar-refractivity contribution < 1.29 is 14.3 Å². The topological polar surface area (TPSA) is 97.5 Å². The molecule has 2 fully saturated rings. The van der Waals surface area contributed by atoms with E-state index >= 15 is 0 Å². The van der Waals surface area contributed by atoms with Crippen molar-refractivity contribution in [2.24, 2.45) is 17.6 Å². The maximum absolute atomic E-state index is 14.1. The Morgan fingerprint density at radius 2 is 1.82 bits per heavy atom. The number of aromatic nitrogens is 1. The average Bonchev–Trinajstić information content (AvgIpc) is 3.35. The third-order valence-corrected chi connectivity index (χ3v) is 7.65. The number of pyridine rings is 1. The number of likely N-dealkylation sites (N-methyl/N-ethyl adjacent to an activating group) is 1. The number of nitrogens with two attached hydrogens (primary N) is 1. The molecule has 1 unspecified atom stereocenters. The van der Waals surface area contributed by atoms with Gasteiger partial charge in [0.1, 0.15) is 17.0 Å². The van der Waals surface area contributed by atoms with E-state index in [1.54, 1.807) is 20.2 Å². The fourth-order valence-electron chi connectivity index (χ4n) is 5.63. The second-order valence-corrected chi connectivity index (χ2v) is 9.71. The van der Waals surface area contributed by atoms with Gasteiger partial charge in [0, 0.05) is 18.8 Å². The molecule has 2 aliphatic rings. The minimum atomic E-state index is -1.10. The molecule has 7 heteroatoms. The van der Waals surface area contributed by atoms with E-state index in [1.807, 2.05) is 47.4 Å². The number of nitrogens with one attached hydrogen (secondary N) is 1. The summed E-state index contributed by atoms with van der Waals surface area (Å²) in [5.74, 6) is 0.597. The summed E-state index contributed by atoms with van der Waals surface area (Å²) < 4.78 is 6.01. The number of carbonyl (C=O) groups excluding carboxylic acids is 2. The minimum Gasteiger partial charge on any atom is -0.457 e. The van der Waals surface area contributed by atoms with E-state index in [4.69, 9.17) is 10.5 Å². The molecular weight excluding hydrogens is 428 g/mol. The highest BCUT2D eigenvalue weighted by Gasteiger charge is 2.50. The summed E-state index contributed by atoms with van der Waals surface area (Å²) in [5, 5.41) is 3.11. The summed E-state index contributed by atoms with van der Waals surface area (Å²) in [6.07, 6.45) is 8.68. The van der Waals surface area contributed by atoms with E-state index in [-0.39, 0.29) is 17.9 Å². The van der Waals surface area contributed by atoms with Crippen LogP contribution in [-0.4, -0.2) is 40.8 Å². The van der Waals surface area contributed by atoms with E-state index < -0.39 is 17.4 Å². The Balaban J connectivity index is 1.61. The first-order chi connectivity index (χ1) is 16.4. The lowest BCUT2D eigenvalue weighted by molar-refractivity contribution is -0.147. The van der Waals surface area contributed by atoms with Crippen LogP contribution in [0.1, 0.15) is 63.6 Å². The fraction of sp³-hybridized carbons (Fsp3) is 0.519. The van der Waals surface area contributed by atoms with Gasteiger partial charge in [-0.05, 0) is 63.8 Å². The van der Waals surface area contributed by atoms with Gasteiger partial charge in [-0.3, -0.25) is 14.6 Å². The molecule has 1 saturated carbocycles. The largest absolute Gasteiger partial charge is 0.457 e. The van der Waals surface area contributed by atoms with Gasteiger partial charge in [0.25, 0.3) is 0 Å². The molecule has 4 rings (SSSR count). The van der Waals surface area contributed by atoms with Gasteiger partial charge in [-0.2, -0.15) is 0 Å². The quantitative estimate of drug-likeness (QED) is 0.610. The van der Waals surface area contributed by atoms with Crippen molar-refractivity contribution in [2.75, 3.05) is 13.6 Å². The molecule has 0 radical (unpaired) electrons. The molecule has 1 aliphatic heterocycles. The number of nitrogens with zero attached hydrogens (tertiary/aromatic N) is 2. The lowest BCUT2D eigenvalue weighted by Crippen LogP contribution is -2.63. The van der Waals surface area contributed by atoms with Crippen LogP contribution in [0.15, 0.2) is 48.7 Å². The Labute approximate surface area is 202 Å². The molecule has 7 nitrogen and oxygen atoms in total. The highest BCUT2D eigenvalue weighted by atomic mass is 16.5. The Morgan fingerprint density at radius 3 is 2.50 bits per heavy atom. The smallest absolute Gasteiger partial charge is 0.238 e. The molecule has 1 aliphatic carbocycles. The van der Waals surface area contributed by atoms with Crippen LogP contribution in [0.2, 0.25) is 0 Å². The maximum atomic E-state index is 14.1. The number of amides is 2. The van der Waals surface area contributed by atoms with Gasteiger partial charge in [-0.15, -0.1) is 0 Å². The molecule has 2 aromatic rings. The first-order valence-electron chi connectivity index (χ1n) is 12.4. The molecule has 3 atom stereocenters. The monoisotopic (exact) mass is 464 g/mol. The van der Waals surface area contributed by atoms with E-state index in [0.29, 0.717) is 12.3 Å². The van der Waals surface area contributed by atoms with Gasteiger partial charge in [0.05, 0.1) is 17.7 Å². The van der Waals surface area contributed by atoms with E-state index in [1.165, 1.54) is 6.42 Å². The molecule has 1 aromatic carbocycles. The third-order valence-electron chi connectivity index (χ3n) is 7.65. The van der Waals surface area contributed by atoms with Crippen LogP contribution in [0, 0.1) is 11.8 Å². The van der Waals surface area contributed by atoms with Gasteiger partial charge in [-0.1, -0.05) is 37.5 Å². The molecule has 1 aromatic heterocycles. The molecule has 2 heterocycles. The van der Waals surface area contributed by atoms with Gasteiger partial charge >= 0.3 is 0 Å². The molecule has 3 N–H and O–H groups in total. The van der Waals surface area contributed by atoms with Crippen molar-refractivity contribution in [2.45, 2.75) is 63.5 Å². The maximum Gasteiger partial charge on any atom is 0.238 e. The Morgan fingerprint density at radius 1 is 1.09 bits per heavy atom. The summed E-state index contributed by atoms with van der Waals surface area (Å²) >= 11 is 0. The van der Waals surface area contributed by atoms with Crippen LogP contribution in [0.5, 0.6) is 11.5 Å². The first kappa shape index (κ1) is 24.2. The van der Waals surface area contributed by atoms with Crippen molar-refractivity contribution in [1.82, 2.24) is 15.2 Å². The Hall–Kier alpha value is -2.93. The summed E-state index contributed by atoms with van der Waals surface area (Å²) in [5.41, 5.74) is 5.58. The zero-order valence-electron chi connectivity index (χ0n) is 20.2. The normalized spacial score (nSPS) is 21.6. The molecular formula is C27H36N4O3. The Kier molecular flexibility index (Phi) is 7.51. The van der Waals surface area contributed by atoms with Crippen molar-refractivity contribution in [3.05, 3.63) is 54.4 Å². The molecule has 0 bridgehead atoms. The van der Waals surface area contributed by atoms with E-state index in [0.717, 1.165) is 50.0 Å². The van der Waals surface area contributed by atoms with Crippen LogP contribution in [0.25, 0.3) is 0 Å². The number of carbonyl (C=O) groups is 2. The number of hydrogen-bond acceptors (Lipinski definition) is 5. The van der Waals surface area contributed by atoms with Crippen LogP contribution < -0.4 is 15.8 Å². The highest BCUT2D eigenvalue weighted by Crippen LogP contribution is 2.41. The summed E-state index contributed by atoms with van der Waals surface area (Å²) in [7, 11) is 1.72. The lowest BCUT2D eigenvalue weighted by Gasteiger charge is -2.42. The number of primary amides is 1. The van der Waals surface area contributed by atoms with Crippen LogP contribution in [0.4, 0.5) is 0 Å². The predicted octanol–water partition coefficient (Wildman–Crippen LogP) is 4.20. The third kappa shape index (κ3) is 4.94. The van der Waals surface area contributed by atoms with Gasteiger partial charge in [-0.25, -0.2) is 0 Å². The standard InChI is InChI=1S/C27H36N4O3/c1-27(29-2,26(28)33)24(19-10-5-3-6-11-19)25(32)31-17-9-14-23(31)22-18-21(15-16-30-22)34-20-12-7-4-8-13-20/h4,7-8,12-13,15-16,18-19,23-24,29H,3,5-6,9-11,14,17H2,1-2H3,(H2,28,33)/t23-,24+,27?/m0/s1. The lowest BCUT2D eigenvalue weighted by atomic mass is 9.69. The number of hydrogen-bond donors (Lipinski definition) is 2. The Bertz CT molecular complexity index is 992. The number of rotatable bonds is 8. The second-order valence-electron chi connectivity index (χ2n) is 9.71. The molecule has 1 saturated heterocycles. The van der Waals surface area contributed by atoms with Crippen LogP contribution >= 0.6 is 0 Å². The molecule has 0 spiro atoms. The SMILES string of the molecule is CNC(C)(C(N)=O)[C@@H](C(=O)N1CCC[C@H]1c1cc(Oc2ccccc2)ccn1)C1CCCCC1. The second kappa shape index (κ2) is 10.6. The van der Waals surface area contributed by atoms with Crippen LogP contribution in [-0.2, 0) is 9.59 Å². The van der Waals surface area contributed by atoms with Gasteiger partial charge in [0.2, 0.25) is 11.8 Å². The average molecular weight is 465 g/mol. The molecule has 2 amide bonds. The number of likely N-dealkylation sites (tertiary alicyclic amines) is 1. The molecule has 34 heavy (non-hydrogen) atoms. The summed E-state index contributed by atoms with van der Waals surface area (Å²) in [6, 6.07) is 13.2. The number of ether oxygens (including phenoxy) is 1. The van der Waals surface area contributed by atoms with Crippen molar-refractivity contribution in [3.63, 3.8) is 0 Å². The fourth-order valence-corrected chi connectivity index (χ4v) is 5.63. The van der Waals surface area contributed by atoms with Gasteiger partial charge < -0.3 is 20.7 Å². The van der Waals surface area contributed by atoms with Crippen molar-refractivity contribution in [3.8, 4) is 11.5 Å². The van der Waals surface area contributed by atoms with Crippen molar-refractivity contribution >= 4 is 11.8 Å². The van der Waals surface area contributed by atoms with Crippen molar-refractivity contribution in [1.29, 1.82) is 0 Å². The first-order valence-corrected chi connectivity index (χ1v) is 12.4. The number of benzene rings is 1. The van der Waals surface area contributed by atoms with E-state index in [2.05, 4.69) is 10.3 Å². The van der Waals surface area contributed by atoms with E-state index in [9.17, 15) is 9.59 Å². The summed E-state index contributed by atoms with van der Waals surface area (Å²) in [6.45, 7) is 2.43. The minimum absolute atomic E-state index is 0.00114. The zero-order valence-corrected chi connectivity index (χ0v) is 20.2. The zero-order chi connectivity index (χ0) is 24.1. The predicted molar refractivity (Wildman–Crippen MR) is 131 cm³/mol. The molecule has 182 valence electrons. The highest BCUT2D eigenvalue weighted by molar-refractivity contribution is 5.93. The summed E-state index contributed by atoms with van der Waals surface area (Å²) in [4.78, 5) is 33.2. The van der Waals surface area contributed by atoms with Gasteiger partial charge in [0.15, 0.2) is 0 Å².